The predicted octanol–water partition coefficient (Wildman–Crippen LogP) is 3.82. The van der Waals surface area contributed by atoms with Gasteiger partial charge in [0.25, 0.3) is 0 Å². The Bertz CT molecular complexity index is 300. The molecule has 0 heterocycles. The summed E-state index contributed by atoms with van der Waals surface area (Å²) < 4.78 is 1.12. The second kappa shape index (κ2) is 4.27. The summed E-state index contributed by atoms with van der Waals surface area (Å²) in [5.41, 5.74) is 2.42. The third-order valence-corrected chi connectivity index (χ3v) is 2.47. The van der Waals surface area contributed by atoms with Crippen LogP contribution in [0.25, 0.3) is 6.08 Å². The highest BCUT2D eigenvalue weighted by atomic mass is 79.9. The van der Waals surface area contributed by atoms with E-state index in [1.54, 1.807) is 0 Å². The molecule has 0 amide bonds. The average molecular weight is 223 g/mol. The molecule has 0 saturated heterocycles. The zero-order chi connectivity index (χ0) is 8.97. The minimum absolute atomic E-state index is 0.878. The topological polar surface area (TPSA) is 0 Å². The van der Waals surface area contributed by atoms with Crippen LogP contribution in [0.2, 0.25) is 0 Å². The molecule has 0 aliphatic carbocycles. The highest BCUT2D eigenvalue weighted by molar-refractivity contribution is 9.10. The molecule has 1 aromatic carbocycles. The van der Waals surface area contributed by atoms with Gasteiger partial charge in [-0.25, -0.2) is 0 Å². The molecule has 0 bridgehead atoms. The highest BCUT2D eigenvalue weighted by Crippen LogP contribution is 2.22. The number of halogens is 1. The first kappa shape index (κ1) is 9.27. The SMILES string of the molecule is C=CCc1c(Br)cccc1C=C. The van der Waals surface area contributed by atoms with Crippen molar-refractivity contribution in [2.45, 2.75) is 6.42 Å². The van der Waals surface area contributed by atoms with Gasteiger partial charge in [0.05, 0.1) is 0 Å². The molecule has 0 aromatic heterocycles. The number of allylic oxidation sites excluding steroid dienone is 1. The molecule has 1 rings (SSSR count). The van der Waals surface area contributed by atoms with Crippen LogP contribution in [0.4, 0.5) is 0 Å². The molecule has 0 saturated carbocycles. The van der Waals surface area contributed by atoms with Crippen LogP contribution < -0.4 is 0 Å². The number of benzene rings is 1. The van der Waals surface area contributed by atoms with Gasteiger partial charge in [0, 0.05) is 4.47 Å². The van der Waals surface area contributed by atoms with E-state index in [4.69, 9.17) is 0 Å². The van der Waals surface area contributed by atoms with E-state index < -0.39 is 0 Å². The van der Waals surface area contributed by atoms with Crippen molar-refractivity contribution in [2.75, 3.05) is 0 Å². The highest BCUT2D eigenvalue weighted by Gasteiger charge is 2.00. The Balaban J connectivity index is 3.18. The maximum absolute atomic E-state index is 3.76. The maximum Gasteiger partial charge on any atom is 0.0216 e. The first-order chi connectivity index (χ1) is 5.79. The Kier molecular flexibility index (Phi) is 3.30. The third kappa shape index (κ3) is 1.86. The van der Waals surface area contributed by atoms with Crippen molar-refractivity contribution < 1.29 is 0 Å². The van der Waals surface area contributed by atoms with Crippen LogP contribution in [0.5, 0.6) is 0 Å². The lowest BCUT2D eigenvalue weighted by Crippen LogP contribution is -1.87. The van der Waals surface area contributed by atoms with Crippen LogP contribution >= 0.6 is 15.9 Å². The first-order valence-electron chi connectivity index (χ1n) is 3.80. The summed E-state index contributed by atoms with van der Waals surface area (Å²) >= 11 is 3.49. The van der Waals surface area contributed by atoms with Crippen LogP contribution in [0.15, 0.2) is 41.9 Å². The van der Waals surface area contributed by atoms with Crippen LogP contribution in [-0.4, -0.2) is 0 Å². The predicted molar refractivity (Wildman–Crippen MR) is 58.1 cm³/mol. The second-order valence-electron chi connectivity index (χ2n) is 2.50. The van der Waals surface area contributed by atoms with Gasteiger partial charge in [0.2, 0.25) is 0 Å². The number of hydrogen-bond donors (Lipinski definition) is 0. The summed E-state index contributed by atoms with van der Waals surface area (Å²) in [5, 5.41) is 0. The summed E-state index contributed by atoms with van der Waals surface area (Å²) in [6.45, 7) is 7.48. The van der Waals surface area contributed by atoms with Crippen molar-refractivity contribution in [3.05, 3.63) is 53.0 Å². The molecule has 0 N–H and O–H groups in total. The quantitative estimate of drug-likeness (QED) is 0.683. The van der Waals surface area contributed by atoms with E-state index in [0.717, 1.165) is 10.9 Å². The molecule has 0 radical (unpaired) electrons. The van der Waals surface area contributed by atoms with Gasteiger partial charge in [-0.15, -0.1) is 6.58 Å². The molecule has 62 valence electrons. The molecule has 1 aromatic rings. The maximum atomic E-state index is 3.76. The van der Waals surface area contributed by atoms with E-state index in [2.05, 4.69) is 35.2 Å². The fourth-order valence-corrected chi connectivity index (χ4v) is 1.67. The van der Waals surface area contributed by atoms with Crippen molar-refractivity contribution in [1.82, 2.24) is 0 Å². The lowest BCUT2D eigenvalue weighted by Gasteiger charge is -2.04. The monoisotopic (exact) mass is 222 g/mol. The van der Waals surface area contributed by atoms with Gasteiger partial charge in [-0.2, -0.15) is 0 Å². The van der Waals surface area contributed by atoms with Crippen LogP contribution in [-0.2, 0) is 6.42 Å². The van der Waals surface area contributed by atoms with Crippen molar-refractivity contribution in [3.63, 3.8) is 0 Å². The summed E-state index contributed by atoms with van der Waals surface area (Å²) in [4.78, 5) is 0. The van der Waals surface area contributed by atoms with E-state index in [1.807, 2.05) is 24.3 Å². The van der Waals surface area contributed by atoms with Gasteiger partial charge in [0.15, 0.2) is 0 Å². The summed E-state index contributed by atoms with van der Waals surface area (Å²) in [6, 6.07) is 6.09. The molecule has 0 spiro atoms. The molecule has 1 heteroatoms. The van der Waals surface area contributed by atoms with Crippen LogP contribution in [0.1, 0.15) is 11.1 Å². The molecule has 0 aliphatic rings. The van der Waals surface area contributed by atoms with E-state index >= 15 is 0 Å². The van der Waals surface area contributed by atoms with Gasteiger partial charge in [0.1, 0.15) is 0 Å². The van der Waals surface area contributed by atoms with Crippen molar-refractivity contribution in [3.8, 4) is 0 Å². The number of hydrogen-bond acceptors (Lipinski definition) is 0. The summed E-state index contributed by atoms with van der Waals surface area (Å²) in [5.74, 6) is 0. The van der Waals surface area contributed by atoms with Gasteiger partial charge in [-0.3, -0.25) is 0 Å². The summed E-state index contributed by atoms with van der Waals surface area (Å²) in [6.07, 6.45) is 4.64. The minimum atomic E-state index is 0.878. The normalized spacial score (nSPS) is 9.42. The van der Waals surface area contributed by atoms with Crippen LogP contribution in [0.3, 0.4) is 0 Å². The van der Waals surface area contributed by atoms with Crippen LogP contribution in [0, 0.1) is 0 Å². The van der Waals surface area contributed by atoms with Gasteiger partial charge >= 0.3 is 0 Å². The van der Waals surface area contributed by atoms with E-state index in [0.29, 0.717) is 0 Å². The largest absolute Gasteiger partial charge is 0.103 e. The van der Waals surface area contributed by atoms with Gasteiger partial charge < -0.3 is 0 Å². The Morgan fingerprint density at radius 1 is 1.33 bits per heavy atom. The molecule has 12 heavy (non-hydrogen) atoms. The molecular formula is C11H11Br. The lowest BCUT2D eigenvalue weighted by atomic mass is 10.1. The van der Waals surface area contributed by atoms with E-state index in [1.165, 1.54) is 11.1 Å². The second-order valence-corrected chi connectivity index (χ2v) is 3.36. The minimum Gasteiger partial charge on any atom is -0.103 e. The fourth-order valence-electron chi connectivity index (χ4n) is 1.13. The Labute approximate surface area is 81.7 Å². The lowest BCUT2D eigenvalue weighted by molar-refractivity contribution is 1.24. The molecule has 0 atom stereocenters. The van der Waals surface area contributed by atoms with Gasteiger partial charge in [-0.1, -0.05) is 46.8 Å². The Morgan fingerprint density at radius 2 is 2.08 bits per heavy atom. The Morgan fingerprint density at radius 3 is 2.67 bits per heavy atom. The molecular weight excluding hydrogens is 212 g/mol. The van der Waals surface area contributed by atoms with Crippen molar-refractivity contribution >= 4 is 22.0 Å². The zero-order valence-electron chi connectivity index (χ0n) is 6.89. The van der Waals surface area contributed by atoms with E-state index in [9.17, 15) is 0 Å². The first-order valence-corrected chi connectivity index (χ1v) is 4.59. The van der Waals surface area contributed by atoms with E-state index in [-0.39, 0.29) is 0 Å². The molecule has 0 aliphatic heterocycles. The van der Waals surface area contributed by atoms with Crippen molar-refractivity contribution in [1.29, 1.82) is 0 Å². The summed E-state index contributed by atoms with van der Waals surface area (Å²) in [7, 11) is 0. The van der Waals surface area contributed by atoms with Crippen molar-refractivity contribution in [2.24, 2.45) is 0 Å². The van der Waals surface area contributed by atoms with Gasteiger partial charge in [-0.05, 0) is 23.6 Å². The Hall–Kier alpha value is -0.820. The smallest absolute Gasteiger partial charge is 0.0216 e. The molecule has 0 fully saturated rings. The molecule has 0 unspecified atom stereocenters. The fraction of sp³-hybridized carbons (Fsp3) is 0.0909. The average Bonchev–Trinajstić information content (AvgIpc) is 2.09. The number of rotatable bonds is 3. The standard InChI is InChI=1S/C11H11Br/c1-3-6-10-9(4-2)7-5-8-11(10)12/h3-5,7-8H,1-2,6H2. The molecule has 0 nitrogen and oxygen atoms in total. The zero-order valence-corrected chi connectivity index (χ0v) is 8.47. The third-order valence-electron chi connectivity index (χ3n) is 1.72.